The summed E-state index contributed by atoms with van der Waals surface area (Å²) in [4.78, 5) is 21.8. The van der Waals surface area contributed by atoms with Crippen LogP contribution in [0.25, 0.3) is 0 Å². The van der Waals surface area contributed by atoms with Gasteiger partial charge >= 0.3 is 0 Å². The summed E-state index contributed by atoms with van der Waals surface area (Å²) < 4.78 is 0. The molecule has 1 aromatic rings. The Morgan fingerprint density at radius 3 is 2.82 bits per heavy atom. The van der Waals surface area contributed by atoms with Crippen LogP contribution in [-0.2, 0) is 0 Å². The fourth-order valence-corrected chi connectivity index (χ4v) is 1.39. The summed E-state index contributed by atoms with van der Waals surface area (Å²) in [6.45, 7) is 5.67. The molecule has 5 nitrogen and oxygen atoms in total. The molecule has 0 aliphatic rings. The molecular weight excluding hydrogens is 220 g/mol. The monoisotopic (exact) mass is 234 g/mol. The molecule has 0 aliphatic heterocycles. The summed E-state index contributed by atoms with van der Waals surface area (Å²) in [5, 5.41) is 13.3. The van der Waals surface area contributed by atoms with Crippen molar-refractivity contribution >= 4 is 11.6 Å². The lowest BCUT2D eigenvalue weighted by atomic mass is 10.1. The second kappa shape index (κ2) is 5.79. The van der Waals surface area contributed by atoms with Gasteiger partial charge in [-0.25, -0.2) is 0 Å². The number of rotatable bonds is 5. The van der Waals surface area contributed by atoms with E-state index >= 15 is 0 Å². The normalized spacial score (nSPS) is 9.71. The highest BCUT2D eigenvalue weighted by atomic mass is 16.6. The minimum atomic E-state index is -0.464. The molecule has 0 fully saturated rings. The van der Waals surface area contributed by atoms with Gasteiger partial charge in [0.15, 0.2) is 0 Å². The zero-order valence-electron chi connectivity index (χ0n) is 9.60. The molecule has 0 atom stereocenters. The standard InChI is InChI=1S/C12H14N2O3/c1-3-4-7-13-12(15)10-5-6-11(14(16)17)9(2)8-10/h3,5-6,8H,1,4,7H2,2H3,(H,13,15). The molecule has 0 aromatic heterocycles. The van der Waals surface area contributed by atoms with Crippen LogP contribution in [0.2, 0.25) is 0 Å². The van der Waals surface area contributed by atoms with E-state index in [4.69, 9.17) is 0 Å². The first-order chi connectivity index (χ1) is 8.06. The van der Waals surface area contributed by atoms with Gasteiger partial charge in [-0.05, 0) is 25.5 Å². The van der Waals surface area contributed by atoms with Crippen molar-refractivity contribution in [3.05, 3.63) is 52.1 Å². The molecule has 0 spiro atoms. The van der Waals surface area contributed by atoms with Crippen molar-refractivity contribution in [1.82, 2.24) is 5.32 Å². The predicted molar refractivity (Wildman–Crippen MR) is 65.0 cm³/mol. The minimum absolute atomic E-state index is 0.0210. The summed E-state index contributed by atoms with van der Waals surface area (Å²) in [5.74, 6) is -0.232. The molecule has 1 amide bonds. The van der Waals surface area contributed by atoms with E-state index in [0.29, 0.717) is 24.1 Å². The lowest BCUT2D eigenvalue weighted by molar-refractivity contribution is -0.385. The molecule has 0 saturated carbocycles. The van der Waals surface area contributed by atoms with E-state index in [9.17, 15) is 14.9 Å². The molecule has 0 saturated heterocycles. The quantitative estimate of drug-likeness (QED) is 0.367. The molecular formula is C12H14N2O3. The predicted octanol–water partition coefficient (Wildman–Crippen LogP) is 2.21. The van der Waals surface area contributed by atoms with Crippen molar-refractivity contribution in [2.24, 2.45) is 0 Å². The summed E-state index contributed by atoms with van der Waals surface area (Å²) in [6.07, 6.45) is 2.40. The third-order valence-corrected chi connectivity index (χ3v) is 2.29. The van der Waals surface area contributed by atoms with E-state index in [1.807, 2.05) is 0 Å². The average Bonchev–Trinajstić information content (AvgIpc) is 2.28. The number of nitro benzene ring substituents is 1. The maximum Gasteiger partial charge on any atom is 0.272 e. The van der Waals surface area contributed by atoms with E-state index in [1.165, 1.54) is 18.2 Å². The molecule has 1 rings (SSSR count). The molecule has 0 unspecified atom stereocenters. The highest BCUT2D eigenvalue weighted by Gasteiger charge is 2.13. The number of hydrogen-bond acceptors (Lipinski definition) is 3. The fraction of sp³-hybridized carbons (Fsp3) is 0.250. The summed E-state index contributed by atoms with van der Waals surface area (Å²) >= 11 is 0. The summed E-state index contributed by atoms with van der Waals surface area (Å²) in [7, 11) is 0. The number of carbonyl (C=O) groups excluding carboxylic acids is 1. The Morgan fingerprint density at radius 1 is 1.59 bits per heavy atom. The molecule has 0 radical (unpaired) electrons. The smallest absolute Gasteiger partial charge is 0.272 e. The van der Waals surface area contributed by atoms with Gasteiger partial charge in [-0.1, -0.05) is 6.08 Å². The molecule has 1 aromatic carbocycles. The first-order valence-electron chi connectivity index (χ1n) is 5.20. The van der Waals surface area contributed by atoms with Crippen LogP contribution in [0.4, 0.5) is 5.69 Å². The maximum absolute atomic E-state index is 11.6. The van der Waals surface area contributed by atoms with Gasteiger partial charge < -0.3 is 5.32 Å². The van der Waals surface area contributed by atoms with Gasteiger partial charge in [-0.3, -0.25) is 14.9 Å². The van der Waals surface area contributed by atoms with Crippen molar-refractivity contribution in [3.8, 4) is 0 Å². The van der Waals surface area contributed by atoms with Crippen LogP contribution < -0.4 is 5.32 Å². The van der Waals surface area contributed by atoms with Crippen LogP contribution in [-0.4, -0.2) is 17.4 Å². The molecule has 17 heavy (non-hydrogen) atoms. The molecule has 5 heteroatoms. The minimum Gasteiger partial charge on any atom is -0.352 e. The first-order valence-corrected chi connectivity index (χ1v) is 5.20. The highest BCUT2D eigenvalue weighted by Crippen LogP contribution is 2.18. The van der Waals surface area contributed by atoms with Gasteiger partial charge in [-0.15, -0.1) is 6.58 Å². The third kappa shape index (κ3) is 3.41. The number of benzene rings is 1. The van der Waals surface area contributed by atoms with Gasteiger partial charge in [0.25, 0.3) is 11.6 Å². The second-order valence-electron chi connectivity index (χ2n) is 3.59. The first kappa shape index (κ1) is 12.9. The van der Waals surface area contributed by atoms with Crippen molar-refractivity contribution in [1.29, 1.82) is 0 Å². The van der Waals surface area contributed by atoms with Crippen LogP contribution in [0.15, 0.2) is 30.9 Å². The Bertz CT molecular complexity index is 455. The zero-order valence-corrected chi connectivity index (χ0v) is 9.60. The number of amides is 1. The van der Waals surface area contributed by atoms with E-state index < -0.39 is 4.92 Å². The third-order valence-electron chi connectivity index (χ3n) is 2.29. The number of nitro groups is 1. The average molecular weight is 234 g/mol. The summed E-state index contributed by atoms with van der Waals surface area (Å²) in [5.41, 5.74) is 0.927. The molecule has 1 N–H and O–H groups in total. The van der Waals surface area contributed by atoms with E-state index in [0.717, 1.165) is 0 Å². The van der Waals surface area contributed by atoms with Crippen molar-refractivity contribution in [2.45, 2.75) is 13.3 Å². The van der Waals surface area contributed by atoms with Crippen molar-refractivity contribution < 1.29 is 9.72 Å². The Balaban J connectivity index is 2.79. The van der Waals surface area contributed by atoms with Crippen molar-refractivity contribution in [2.75, 3.05) is 6.54 Å². The van der Waals surface area contributed by atoms with E-state index in [1.54, 1.807) is 13.0 Å². The number of aryl methyl sites for hydroxylation is 1. The van der Waals surface area contributed by atoms with Crippen molar-refractivity contribution in [3.63, 3.8) is 0 Å². The molecule has 0 heterocycles. The molecule has 90 valence electrons. The zero-order chi connectivity index (χ0) is 12.8. The van der Waals surface area contributed by atoms with Crippen LogP contribution in [0, 0.1) is 17.0 Å². The Labute approximate surface area is 99.3 Å². The van der Waals surface area contributed by atoms with Gasteiger partial charge in [0.2, 0.25) is 0 Å². The largest absolute Gasteiger partial charge is 0.352 e. The molecule has 0 aliphatic carbocycles. The highest BCUT2D eigenvalue weighted by molar-refractivity contribution is 5.94. The van der Waals surface area contributed by atoms with Crippen LogP contribution >= 0.6 is 0 Å². The van der Waals surface area contributed by atoms with Crippen LogP contribution in [0.3, 0.4) is 0 Å². The SMILES string of the molecule is C=CCCNC(=O)c1ccc([N+](=O)[O-])c(C)c1. The second-order valence-corrected chi connectivity index (χ2v) is 3.59. The van der Waals surface area contributed by atoms with E-state index in [2.05, 4.69) is 11.9 Å². The lowest BCUT2D eigenvalue weighted by Gasteiger charge is -2.04. The lowest BCUT2D eigenvalue weighted by Crippen LogP contribution is -2.24. The fourth-order valence-electron chi connectivity index (χ4n) is 1.39. The maximum atomic E-state index is 11.6. The van der Waals surface area contributed by atoms with E-state index in [-0.39, 0.29) is 11.6 Å². The van der Waals surface area contributed by atoms with Gasteiger partial charge in [0.1, 0.15) is 0 Å². The number of carbonyl (C=O) groups is 1. The van der Waals surface area contributed by atoms with Gasteiger partial charge in [0.05, 0.1) is 4.92 Å². The van der Waals surface area contributed by atoms with Crippen LogP contribution in [0.1, 0.15) is 22.3 Å². The Hall–Kier alpha value is -2.17. The number of hydrogen-bond donors (Lipinski definition) is 1. The topological polar surface area (TPSA) is 72.2 Å². The molecule has 0 bridgehead atoms. The van der Waals surface area contributed by atoms with Gasteiger partial charge in [-0.2, -0.15) is 0 Å². The Morgan fingerprint density at radius 2 is 2.29 bits per heavy atom. The Kier molecular flexibility index (Phi) is 4.39. The van der Waals surface area contributed by atoms with Gasteiger partial charge in [0, 0.05) is 23.7 Å². The number of nitrogens with one attached hydrogen (secondary N) is 1. The summed E-state index contributed by atoms with van der Waals surface area (Å²) in [6, 6.07) is 4.31. The van der Waals surface area contributed by atoms with Crippen LogP contribution in [0.5, 0.6) is 0 Å². The number of nitrogens with zero attached hydrogens (tertiary/aromatic N) is 1.